The van der Waals surface area contributed by atoms with Crippen LogP contribution in [0, 0.1) is 11.3 Å². The quantitative estimate of drug-likeness (QED) is 0.650. The normalized spacial score (nSPS) is 11.2. The minimum atomic E-state index is -1.43. The van der Waals surface area contributed by atoms with Gasteiger partial charge in [-0.25, -0.2) is 9.59 Å². The fraction of sp³-hybridized carbons (Fsp3) is 0.182. The molecule has 0 unspecified atom stereocenters. The van der Waals surface area contributed by atoms with Gasteiger partial charge in [0.05, 0.1) is 17.9 Å². The molecule has 0 spiro atoms. The highest BCUT2D eigenvalue weighted by atomic mass is 35.5. The van der Waals surface area contributed by atoms with Crippen LogP contribution in [-0.2, 0) is 4.79 Å². The van der Waals surface area contributed by atoms with E-state index >= 15 is 0 Å². The summed E-state index contributed by atoms with van der Waals surface area (Å²) in [5.41, 5.74) is 0.324. The van der Waals surface area contributed by atoms with Crippen molar-refractivity contribution >= 4 is 29.3 Å². The number of hydrogen-bond donors (Lipinski definition) is 4. The summed E-state index contributed by atoms with van der Waals surface area (Å²) in [6.45, 7) is -0.747. The van der Waals surface area contributed by atoms with E-state index in [0.29, 0.717) is 5.02 Å². The number of nitriles is 1. The maximum absolute atomic E-state index is 11.5. The van der Waals surface area contributed by atoms with E-state index in [0.717, 1.165) is 0 Å². The van der Waals surface area contributed by atoms with E-state index in [1.807, 2.05) is 11.4 Å². The number of rotatable bonds is 4. The standard InChI is InChI=1S/C11H10ClN3O4/c12-7-2-1-6(4-13)8(3-7)14-11(19)15-9(5-16)10(17)18/h1-3,9,16H,5H2,(H,17,18)(H2,14,15,19)/t9-/m0/s1. The van der Waals surface area contributed by atoms with Gasteiger partial charge in [0.1, 0.15) is 6.07 Å². The van der Waals surface area contributed by atoms with Crippen LogP contribution >= 0.6 is 11.6 Å². The van der Waals surface area contributed by atoms with Crippen molar-refractivity contribution in [3.63, 3.8) is 0 Å². The van der Waals surface area contributed by atoms with Crippen molar-refractivity contribution in [1.29, 1.82) is 5.26 Å². The number of nitrogens with one attached hydrogen (secondary N) is 2. The molecule has 1 aromatic rings. The molecule has 0 radical (unpaired) electrons. The molecule has 1 aromatic carbocycles. The second kappa shape index (κ2) is 6.58. The third-order valence-electron chi connectivity index (χ3n) is 2.14. The number of benzene rings is 1. The Bertz CT molecular complexity index is 541. The third-order valence-corrected chi connectivity index (χ3v) is 2.37. The zero-order valence-electron chi connectivity index (χ0n) is 9.55. The molecule has 8 heteroatoms. The minimum absolute atomic E-state index is 0.148. The number of aliphatic hydroxyl groups excluding tert-OH is 1. The van der Waals surface area contributed by atoms with Crippen LogP contribution in [0.15, 0.2) is 18.2 Å². The van der Waals surface area contributed by atoms with Crippen LogP contribution in [-0.4, -0.2) is 34.9 Å². The van der Waals surface area contributed by atoms with Crippen molar-refractivity contribution in [1.82, 2.24) is 5.32 Å². The molecule has 1 atom stereocenters. The monoisotopic (exact) mass is 283 g/mol. The van der Waals surface area contributed by atoms with Gasteiger partial charge in [-0.15, -0.1) is 0 Å². The maximum atomic E-state index is 11.5. The van der Waals surface area contributed by atoms with Crippen molar-refractivity contribution in [3.8, 4) is 6.07 Å². The molecule has 0 aromatic heterocycles. The maximum Gasteiger partial charge on any atom is 0.328 e. The number of nitrogens with zero attached hydrogens (tertiary/aromatic N) is 1. The average Bonchev–Trinajstić information content (AvgIpc) is 2.35. The largest absolute Gasteiger partial charge is 0.480 e. The van der Waals surface area contributed by atoms with E-state index in [1.165, 1.54) is 18.2 Å². The molecular weight excluding hydrogens is 274 g/mol. The molecule has 0 saturated carbocycles. The second-order valence-electron chi connectivity index (χ2n) is 3.47. The summed E-state index contributed by atoms with van der Waals surface area (Å²) in [4.78, 5) is 22.1. The first-order valence-electron chi connectivity index (χ1n) is 5.08. The van der Waals surface area contributed by atoms with Crippen LogP contribution in [0.2, 0.25) is 5.02 Å². The number of halogens is 1. The van der Waals surface area contributed by atoms with Gasteiger partial charge in [0.2, 0.25) is 0 Å². The molecule has 7 nitrogen and oxygen atoms in total. The van der Waals surface area contributed by atoms with Crippen molar-refractivity contribution in [2.24, 2.45) is 0 Å². The van der Waals surface area contributed by atoms with Crippen LogP contribution < -0.4 is 10.6 Å². The predicted octanol–water partition coefficient (Wildman–Crippen LogP) is 0.779. The Morgan fingerprint density at radius 3 is 2.68 bits per heavy atom. The number of carboxylic acid groups (broad SMARTS) is 1. The highest BCUT2D eigenvalue weighted by Crippen LogP contribution is 2.20. The van der Waals surface area contributed by atoms with Gasteiger partial charge in [-0.05, 0) is 18.2 Å². The van der Waals surface area contributed by atoms with Crippen molar-refractivity contribution in [2.75, 3.05) is 11.9 Å². The number of anilines is 1. The number of carbonyl (C=O) groups excluding carboxylic acids is 1. The van der Waals surface area contributed by atoms with Gasteiger partial charge in [-0.1, -0.05) is 11.6 Å². The van der Waals surface area contributed by atoms with Gasteiger partial charge in [0, 0.05) is 5.02 Å². The predicted molar refractivity (Wildman–Crippen MR) is 66.8 cm³/mol. The Morgan fingerprint density at radius 2 is 2.16 bits per heavy atom. The fourth-order valence-corrected chi connectivity index (χ4v) is 1.39. The Morgan fingerprint density at radius 1 is 1.47 bits per heavy atom. The zero-order chi connectivity index (χ0) is 14.4. The first-order chi connectivity index (χ1) is 8.97. The molecule has 0 saturated heterocycles. The molecule has 0 aliphatic heterocycles. The number of carboxylic acids is 1. The SMILES string of the molecule is N#Cc1ccc(Cl)cc1NC(=O)N[C@@H](CO)C(=O)O. The van der Waals surface area contributed by atoms with Crippen LogP contribution in [0.25, 0.3) is 0 Å². The Kier molecular flexibility index (Phi) is 5.11. The molecule has 0 aliphatic carbocycles. The van der Waals surface area contributed by atoms with E-state index in [1.54, 1.807) is 0 Å². The van der Waals surface area contributed by atoms with Gasteiger partial charge < -0.3 is 20.8 Å². The highest BCUT2D eigenvalue weighted by molar-refractivity contribution is 6.31. The molecule has 100 valence electrons. The van der Waals surface area contributed by atoms with E-state index in [2.05, 4.69) is 5.32 Å². The molecule has 0 fully saturated rings. The third kappa shape index (κ3) is 4.13. The van der Waals surface area contributed by atoms with Gasteiger partial charge in [0.15, 0.2) is 6.04 Å². The summed E-state index contributed by atoms with van der Waals surface area (Å²) in [6.07, 6.45) is 0. The van der Waals surface area contributed by atoms with Crippen LogP contribution in [0.3, 0.4) is 0 Å². The topological polar surface area (TPSA) is 122 Å². The Labute approximate surface area is 113 Å². The number of aliphatic hydroxyl groups is 1. The lowest BCUT2D eigenvalue weighted by molar-refractivity contribution is -0.140. The van der Waals surface area contributed by atoms with Gasteiger partial charge in [0.25, 0.3) is 0 Å². The van der Waals surface area contributed by atoms with E-state index in [9.17, 15) is 9.59 Å². The lowest BCUT2D eigenvalue weighted by atomic mass is 10.2. The van der Waals surface area contributed by atoms with E-state index in [-0.39, 0.29) is 11.3 Å². The van der Waals surface area contributed by atoms with Gasteiger partial charge in [-0.2, -0.15) is 5.26 Å². The first-order valence-corrected chi connectivity index (χ1v) is 5.46. The van der Waals surface area contributed by atoms with Gasteiger partial charge >= 0.3 is 12.0 Å². The Balaban J connectivity index is 2.80. The fourth-order valence-electron chi connectivity index (χ4n) is 1.22. The molecular formula is C11H10ClN3O4. The molecule has 19 heavy (non-hydrogen) atoms. The first kappa shape index (κ1) is 14.8. The lowest BCUT2D eigenvalue weighted by Gasteiger charge is -2.13. The number of carbonyl (C=O) groups is 2. The molecule has 0 heterocycles. The average molecular weight is 284 g/mol. The van der Waals surface area contributed by atoms with E-state index in [4.69, 9.17) is 27.1 Å². The Hall–Kier alpha value is -2.30. The van der Waals surface area contributed by atoms with Crippen molar-refractivity contribution < 1.29 is 19.8 Å². The molecule has 4 N–H and O–H groups in total. The van der Waals surface area contributed by atoms with Gasteiger partial charge in [-0.3, -0.25) is 0 Å². The van der Waals surface area contributed by atoms with Crippen LogP contribution in [0.1, 0.15) is 5.56 Å². The summed E-state index contributed by atoms with van der Waals surface area (Å²) >= 11 is 5.73. The van der Waals surface area contributed by atoms with Crippen molar-refractivity contribution in [2.45, 2.75) is 6.04 Å². The smallest absolute Gasteiger partial charge is 0.328 e. The number of hydrogen-bond acceptors (Lipinski definition) is 4. The van der Waals surface area contributed by atoms with E-state index < -0.39 is 24.6 Å². The highest BCUT2D eigenvalue weighted by Gasteiger charge is 2.19. The zero-order valence-corrected chi connectivity index (χ0v) is 10.3. The number of amides is 2. The second-order valence-corrected chi connectivity index (χ2v) is 3.91. The number of urea groups is 1. The summed E-state index contributed by atoms with van der Waals surface area (Å²) in [7, 11) is 0. The van der Waals surface area contributed by atoms with Crippen LogP contribution in [0.5, 0.6) is 0 Å². The molecule has 1 rings (SSSR count). The summed E-state index contributed by atoms with van der Waals surface area (Å²) < 4.78 is 0. The molecule has 0 aliphatic rings. The summed E-state index contributed by atoms with van der Waals surface area (Å²) in [5, 5.41) is 30.9. The minimum Gasteiger partial charge on any atom is -0.480 e. The number of aliphatic carboxylic acids is 1. The molecule has 2 amide bonds. The van der Waals surface area contributed by atoms with Crippen LogP contribution in [0.4, 0.5) is 10.5 Å². The molecule has 0 bridgehead atoms. The summed E-state index contributed by atoms with van der Waals surface area (Å²) in [6, 6.07) is 3.82. The van der Waals surface area contributed by atoms with Crippen molar-refractivity contribution in [3.05, 3.63) is 28.8 Å². The summed E-state index contributed by atoms with van der Waals surface area (Å²) in [5.74, 6) is -1.37. The lowest BCUT2D eigenvalue weighted by Crippen LogP contribution is -2.45.